The van der Waals surface area contributed by atoms with E-state index >= 15 is 0 Å². The first kappa shape index (κ1) is 17.4. The molecular formula is C12H19N3O5S. The van der Waals surface area contributed by atoms with E-state index in [0.717, 1.165) is 4.90 Å². The summed E-state index contributed by atoms with van der Waals surface area (Å²) in [6.07, 6.45) is 0.253. The molecule has 8 nitrogen and oxygen atoms in total. The highest BCUT2D eigenvalue weighted by atomic mass is 32.2. The number of rotatable bonds is 9. The van der Waals surface area contributed by atoms with Gasteiger partial charge >= 0.3 is 0 Å². The minimum atomic E-state index is -0.502. The number of nitrogens with one attached hydrogen (secondary N) is 1. The van der Waals surface area contributed by atoms with Crippen LogP contribution in [0.25, 0.3) is 0 Å². The van der Waals surface area contributed by atoms with Crippen LogP contribution in [0.2, 0.25) is 0 Å². The number of primary amides is 1. The van der Waals surface area contributed by atoms with Gasteiger partial charge in [-0.25, -0.2) is 0 Å². The SMILES string of the molecule is NC(=O)CCSC1CC(=O)N(CCC(=O)NCCO)C1=O. The van der Waals surface area contributed by atoms with Gasteiger partial charge in [0.25, 0.3) is 0 Å². The fourth-order valence-corrected chi connectivity index (χ4v) is 2.95. The van der Waals surface area contributed by atoms with Crippen molar-refractivity contribution in [2.45, 2.75) is 24.5 Å². The van der Waals surface area contributed by atoms with Crippen LogP contribution < -0.4 is 11.1 Å². The third-order valence-electron chi connectivity index (χ3n) is 2.87. The van der Waals surface area contributed by atoms with E-state index in [1.54, 1.807) is 0 Å². The van der Waals surface area contributed by atoms with E-state index in [4.69, 9.17) is 10.8 Å². The molecule has 1 unspecified atom stereocenters. The molecule has 0 spiro atoms. The number of carbonyl (C=O) groups excluding carboxylic acids is 4. The number of aliphatic hydroxyl groups is 1. The predicted molar refractivity (Wildman–Crippen MR) is 76.1 cm³/mol. The Labute approximate surface area is 126 Å². The molecular weight excluding hydrogens is 298 g/mol. The molecule has 1 aliphatic heterocycles. The summed E-state index contributed by atoms with van der Waals surface area (Å²) in [5, 5.41) is 10.5. The molecule has 0 aromatic heterocycles. The maximum atomic E-state index is 12.0. The Morgan fingerprint density at radius 1 is 1.38 bits per heavy atom. The van der Waals surface area contributed by atoms with Gasteiger partial charge in [-0.1, -0.05) is 0 Å². The maximum absolute atomic E-state index is 12.0. The number of hydrogen-bond acceptors (Lipinski definition) is 6. The summed E-state index contributed by atoms with van der Waals surface area (Å²) < 4.78 is 0. The molecule has 1 saturated heterocycles. The first-order chi connectivity index (χ1) is 9.95. The molecule has 118 valence electrons. The van der Waals surface area contributed by atoms with Gasteiger partial charge in [0, 0.05) is 38.1 Å². The van der Waals surface area contributed by atoms with Crippen molar-refractivity contribution in [1.82, 2.24) is 10.2 Å². The molecule has 4 N–H and O–H groups in total. The fraction of sp³-hybridized carbons (Fsp3) is 0.667. The van der Waals surface area contributed by atoms with Crippen molar-refractivity contribution in [3.63, 3.8) is 0 Å². The molecule has 0 aromatic carbocycles. The van der Waals surface area contributed by atoms with Crippen LogP contribution in [0.4, 0.5) is 0 Å². The third-order valence-corrected chi connectivity index (χ3v) is 4.08. The first-order valence-electron chi connectivity index (χ1n) is 6.57. The fourth-order valence-electron chi connectivity index (χ4n) is 1.82. The van der Waals surface area contributed by atoms with Crippen molar-refractivity contribution >= 4 is 35.4 Å². The van der Waals surface area contributed by atoms with E-state index < -0.39 is 11.2 Å². The van der Waals surface area contributed by atoms with E-state index in [1.807, 2.05) is 0 Å². The molecule has 0 aromatic rings. The Kier molecular flexibility index (Phi) is 7.17. The van der Waals surface area contributed by atoms with Crippen molar-refractivity contribution in [3.8, 4) is 0 Å². The Balaban J connectivity index is 2.38. The minimum absolute atomic E-state index is 0.0101. The molecule has 1 fully saturated rings. The standard InChI is InChI=1S/C12H19N3O5S/c13-9(17)2-6-21-8-7-11(19)15(12(8)20)4-1-10(18)14-3-5-16/h8,16H,1-7H2,(H2,13,17)(H,14,18). The topological polar surface area (TPSA) is 130 Å². The number of nitrogens with zero attached hydrogens (tertiary/aromatic N) is 1. The van der Waals surface area contributed by atoms with Crippen LogP contribution >= 0.6 is 11.8 Å². The van der Waals surface area contributed by atoms with Crippen molar-refractivity contribution < 1.29 is 24.3 Å². The summed E-state index contributed by atoms with van der Waals surface area (Å²) in [6.45, 7) is 0.0139. The third kappa shape index (κ3) is 5.72. The first-order valence-corrected chi connectivity index (χ1v) is 7.62. The van der Waals surface area contributed by atoms with Crippen molar-refractivity contribution in [2.24, 2.45) is 5.73 Å². The molecule has 9 heteroatoms. The molecule has 1 heterocycles. The van der Waals surface area contributed by atoms with Gasteiger partial charge < -0.3 is 16.2 Å². The molecule has 1 atom stereocenters. The van der Waals surface area contributed by atoms with Crippen LogP contribution in [0.5, 0.6) is 0 Å². The lowest BCUT2D eigenvalue weighted by atomic mass is 10.3. The number of amides is 4. The van der Waals surface area contributed by atoms with Gasteiger partial charge in [-0.05, 0) is 0 Å². The average molecular weight is 317 g/mol. The van der Waals surface area contributed by atoms with E-state index in [0.29, 0.717) is 5.75 Å². The molecule has 0 saturated carbocycles. The summed E-state index contributed by atoms with van der Waals surface area (Å²) in [5.41, 5.74) is 5.01. The number of likely N-dealkylation sites (tertiary alicyclic amines) is 1. The number of thioether (sulfide) groups is 1. The summed E-state index contributed by atoms with van der Waals surface area (Å²) >= 11 is 1.23. The van der Waals surface area contributed by atoms with E-state index in [-0.39, 0.29) is 56.7 Å². The smallest absolute Gasteiger partial charge is 0.242 e. The van der Waals surface area contributed by atoms with Gasteiger partial charge in [-0.2, -0.15) is 0 Å². The van der Waals surface area contributed by atoms with Gasteiger partial charge in [-0.15, -0.1) is 11.8 Å². The molecule has 0 aliphatic carbocycles. The molecule has 4 amide bonds. The number of hydrogen-bond donors (Lipinski definition) is 3. The summed E-state index contributed by atoms with van der Waals surface area (Å²) in [5.74, 6) is -1.02. The maximum Gasteiger partial charge on any atom is 0.242 e. The van der Waals surface area contributed by atoms with Gasteiger partial charge in [0.05, 0.1) is 11.9 Å². The van der Waals surface area contributed by atoms with E-state index in [1.165, 1.54) is 11.8 Å². The number of aliphatic hydroxyl groups excluding tert-OH is 1. The highest BCUT2D eigenvalue weighted by Gasteiger charge is 2.38. The molecule has 1 aliphatic rings. The summed E-state index contributed by atoms with van der Waals surface area (Å²) in [4.78, 5) is 46.8. The van der Waals surface area contributed by atoms with Crippen LogP contribution in [0.15, 0.2) is 0 Å². The molecule has 0 bridgehead atoms. The monoisotopic (exact) mass is 317 g/mol. The quantitative estimate of drug-likeness (QED) is 0.431. The summed E-state index contributed by atoms with van der Waals surface area (Å²) in [7, 11) is 0. The lowest BCUT2D eigenvalue weighted by Gasteiger charge is -2.14. The zero-order chi connectivity index (χ0) is 15.8. The van der Waals surface area contributed by atoms with Crippen LogP contribution in [-0.4, -0.2) is 64.3 Å². The second-order valence-corrected chi connectivity index (χ2v) is 5.80. The number of nitrogens with two attached hydrogens (primary N) is 1. The zero-order valence-corrected chi connectivity index (χ0v) is 12.4. The second kappa shape index (κ2) is 8.63. The van der Waals surface area contributed by atoms with Gasteiger partial charge in [-0.3, -0.25) is 24.1 Å². The van der Waals surface area contributed by atoms with Crippen LogP contribution in [0.1, 0.15) is 19.3 Å². The Morgan fingerprint density at radius 2 is 2.10 bits per heavy atom. The normalized spacial score (nSPS) is 18.1. The van der Waals surface area contributed by atoms with Gasteiger partial charge in [0.15, 0.2) is 0 Å². The van der Waals surface area contributed by atoms with Crippen LogP contribution in [-0.2, 0) is 19.2 Å². The van der Waals surface area contributed by atoms with E-state index in [2.05, 4.69) is 5.32 Å². The van der Waals surface area contributed by atoms with Gasteiger partial charge in [0.2, 0.25) is 23.6 Å². The lowest BCUT2D eigenvalue weighted by molar-refractivity contribution is -0.138. The largest absolute Gasteiger partial charge is 0.395 e. The van der Waals surface area contributed by atoms with E-state index in [9.17, 15) is 19.2 Å². The molecule has 0 radical (unpaired) electrons. The molecule has 21 heavy (non-hydrogen) atoms. The number of carbonyl (C=O) groups is 4. The second-order valence-electron chi connectivity index (χ2n) is 4.49. The Hall–Kier alpha value is -1.61. The Morgan fingerprint density at radius 3 is 2.71 bits per heavy atom. The predicted octanol–water partition coefficient (Wildman–Crippen LogP) is -1.78. The number of imide groups is 1. The van der Waals surface area contributed by atoms with Crippen molar-refractivity contribution in [2.75, 3.05) is 25.4 Å². The highest BCUT2D eigenvalue weighted by Crippen LogP contribution is 2.25. The Bertz CT molecular complexity index is 429. The van der Waals surface area contributed by atoms with Gasteiger partial charge in [0.1, 0.15) is 0 Å². The average Bonchev–Trinajstić information content (AvgIpc) is 2.69. The zero-order valence-electron chi connectivity index (χ0n) is 11.5. The lowest BCUT2D eigenvalue weighted by Crippen LogP contribution is -2.36. The summed E-state index contributed by atoms with van der Waals surface area (Å²) in [6, 6.07) is 0. The van der Waals surface area contributed by atoms with Crippen LogP contribution in [0, 0.1) is 0 Å². The van der Waals surface area contributed by atoms with Crippen molar-refractivity contribution in [3.05, 3.63) is 0 Å². The van der Waals surface area contributed by atoms with Crippen molar-refractivity contribution in [1.29, 1.82) is 0 Å². The minimum Gasteiger partial charge on any atom is -0.395 e. The molecule has 1 rings (SSSR count). The highest BCUT2D eigenvalue weighted by molar-refractivity contribution is 8.00. The van der Waals surface area contributed by atoms with Crippen LogP contribution in [0.3, 0.4) is 0 Å².